The van der Waals surface area contributed by atoms with Crippen LogP contribution >= 0.6 is 0 Å². The first-order chi connectivity index (χ1) is 29.3. The van der Waals surface area contributed by atoms with E-state index < -0.39 is 111 Å². The van der Waals surface area contributed by atoms with Gasteiger partial charge in [0.2, 0.25) is 0 Å². The van der Waals surface area contributed by atoms with Crippen molar-refractivity contribution >= 4 is 5.78 Å². The molecule has 0 radical (unpaired) electrons. The average Bonchev–Trinajstić information content (AvgIpc) is 3.61. The standard InChI is InChI=1S/C45H72O17/c1-18-7-10-29(59-40(18)62-42-37(54)34(51)32(49)21(4)57-42)19(2)24-8-9-25-23-16-28(47)27-15-22(11-13-45(27,6)26(23)12-14-44(24,25)5)58-43-38(55)35(52)39(30(17-46)60-43)61-41-36(53)33(50)31(48)20(3)56-41/h16,18-22,24-27,29-43,46,48-55H,7-15,17H2,1-6H3/t18?,19?,20?,21?,22?,24?,25?,26?,27?,29-,30?,31?,32?,33?,34?,35?,36?,37?,38?,39?,40?,41?,42?,43?,44?,45?/m1/s1. The van der Waals surface area contributed by atoms with Crippen LogP contribution in [-0.2, 0) is 38.0 Å². The van der Waals surface area contributed by atoms with Crippen LogP contribution in [0.5, 0.6) is 0 Å². The van der Waals surface area contributed by atoms with E-state index in [1.54, 1.807) is 6.92 Å². The molecule has 4 saturated heterocycles. The van der Waals surface area contributed by atoms with Gasteiger partial charge in [0, 0.05) is 11.8 Å². The molecule has 17 heteroatoms. The lowest BCUT2D eigenvalue weighted by atomic mass is 9.47. The van der Waals surface area contributed by atoms with Gasteiger partial charge in [-0.3, -0.25) is 4.79 Å². The number of aliphatic hydroxyl groups is 9. The zero-order chi connectivity index (χ0) is 44.7. The van der Waals surface area contributed by atoms with Crippen LogP contribution < -0.4 is 0 Å². The normalized spacial score (nSPS) is 55.1. The van der Waals surface area contributed by atoms with Gasteiger partial charge in [-0.15, -0.1) is 0 Å². The Labute approximate surface area is 363 Å². The Hall–Kier alpha value is -1.23. The van der Waals surface area contributed by atoms with Gasteiger partial charge in [-0.25, -0.2) is 0 Å². The molecule has 4 aliphatic heterocycles. The summed E-state index contributed by atoms with van der Waals surface area (Å²) in [6.07, 6.45) is -11.8. The van der Waals surface area contributed by atoms with E-state index in [1.807, 2.05) is 13.0 Å². The fourth-order valence-electron chi connectivity index (χ4n) is 13.2. The predicted molar refractivity (Wildman–Crippen MR) is 215 cm³/mol. The SMILES string of the molecule is CC1CC[C@H](C(C)C2CCC3C4=CC(=O)C5CC(OC6OC(CO)C(OC7OC(C)C(O)C(O)C7O)C(O)C6O)CCC5(C)C4CCC32C)OC1OC1OC(C)C(O)C(O)C1O. The molecular weight excluding hydrogens is 812 g/mol. The van der Waals surface area contributed by atoms with Gasteiger partial charge in [-0.1, -0.05) is 33.3 Å². The molecule has 26 atom stereocenters. The van der Waals surface area contributed by atoms with Gasteiger partial charge in [0.15, 0.2) is 30.9 Å². The lowest BCUT2D eigenvalue weighted by molar-refractivity contribution is -0.361. The molecular formula is C45H72O17. The second-order valence-corrected chi connectivity index (χ2v) is 20.7. The Morgan fingerprint density at radius 2 is 1.21 bits per heavy atom. The molecule has 0 aromatic carbocycles. The molecule has 62 heavy (non-hydrogen) atoms. The maximum atomic E-state index is 14.3. The number of carbonyl (C=O) groups excluding carboxylic acids is 1. The number of ether oxygens (including phenoxy) is 7. The number of hydrogen-bond acceptors (Lipinski definition) is 17. The van der Waals surface area contributed by atoms with E-state index in [0.717, 1.165) is 38.5 Å². The second-order valence-electron chi connectivity index (χ2n) is 20.7. The van der Waals surface area contributed by atoms with E-state index in [0.29, 0.717) is 25.2 Å². The highest BCUT2D eigenvalue weighted by molar-refractivity contribution is 5.94. The highest BCUT2D eigenvalue weighted by atomic mass is 16.8. The van der Waals surface area contributed by atoms with Crippen LogP contribution in [0.4, 0.5) is 0 Å². The summed E-state index contributed by atoms with van der Waals surface area (Å²) in [5.74, 6) is 0.837. The molecule has 3 saturated carbocycles. The Balaban J connectivity index is 0.899. The Morgan fingerprint density at radius 1 is 0.629 bits per heavy atom. The quantitative estimate of drug-likeness (QED) is 0.152. The van der Waals surface area contributed by atoms with Gasteiger partial charge in [-0.05, 0) is 112 Å². The fourth-order valence-corrected chi connectivity index (χ4v) is 13.2. The lowest BCUT2D eigenvalue weighted by Gasteiger charge is -2.57. The van der Waals surface area contributed by atoms with Gasteiger partial charge in [0.1, 0.15) is 61.0 Å². The zero-order valence-electron chi connectivity index (χ0n) is 36.8. The van der Waals surface area contributed by atoms with E-state index in [2.05, 4.69) is 20.8 Å². The summed E-state index contributed by atoms with van der Waals surface area (Å²) in [5, 5.41) is 94.6. The highest BCUT2D eigenvalue weighted by Crippen LogP contribution is 2.67. The van der Waals surface area contributed by atoms with E-state index in [4.69, 9.17) is 33.2 Å². The maximum Gasteiger partial charge on any atom is 0.189 e. The third kappa shape index (κ3) is 8.19. The van der Waals surface area contributed by atoms with Gasteiger partial charge >= 0.3 is 0 Å². The Kier molecular flexibility index (Phi) is 13.8. The molecule has 354 valence electrons. The number of fused-ring (bicyclic) bond motifs is 5. The third-order valence-electron chi connectivity index (χ3n) is 17.2. The van der Waals surface area contributed by atoms with Crippen molar-refractivity contribution in [1.29, 1.82) is 0 Å². The minimum atomic E-state index is -1.66. The average molecular weight is 885 g/mol. The molecule has 0 aromatic rings. The zero-order valence-corrected chi connectivity index (χ0v) is 36.8. The molecule has 4 heterocycles. The van der Waals surface area contributed by atoms with Crippen LogP contribution in [-0.4, -0.2) is 169 Å². The van der Waals surface area contributed by atoms with Crippen molar-refractivity contribution in [2.24, 2.45) is 46.3 Å². The highest BCUT2D eigenvalue weighted by Gasteiger charge is 2.61. The van der Waals surface area contributed by atoms with Crippen LogP contribution in [0.2, 0.25) is 0 Å². The topological polar surface area (TPSA) is 264 Å². The molecule has 25 unspecified atom stereocenters. The molecule has 0 bridgehead atoms. The van der Waals surface area contributed by atoms with Gasteiger partial charge in [0.25, 0.3) is 0 Å². The number of aliphatic hydroxyl groups excluding tert-OH is 9. The Morgan fingerprint density at radius 3 is 1.85 bits per heavy atom. The maximum absolute atomic E-state index is 14.3. The summed E-state index contributed by atoms with van der Waals surface area (Å²) >= 11 is 0. The molecule has 8 aliphatic rings. The fraction of sp³-hybridized carbons (Fsp3) is 0.933. The smallest absolute Gasteiger partial charge is 0.189 e. The van der Waals surface area contributed by atoms with E-state index in [1.165, 1.54) is 12.5 Å². The number of allylic oxidation sites excluding steroid dienone is 2. The summed E-state index contributed by atoms with van der Waals surface area (Å²) < 4.78 is 42.1. The van der Waals surface area contributed by atoms with Crippen molar-refractivity contribution in [3.8, 4) is 0 Å². The van der Waals surface area contributed by atoms with Crippen molar-refractivity contribution in [1.82, 2.24) is 0 Å². The third-order valence-corrected chi connectivity index (χ3v) is 17.2. The predicted octanol–water partition coefficient (Wildman–Crippen LogP) is 0.403. The molecule has 0 spiro atoms. The number of rotatable bonds is 9. The molecule has 17 nitrogen and oxygen atoms in total. The van der Waals surface area contributed by atoms with E-state index in [9.17, 15) is 50.8 Å². The van der Waals surface area contributed by atoms with Gasteiger partial charge in [0.05, 0.1) is 31.0 Å². The van der Waals surface area contributed by atoms with Crippen molar-refractivity contribution in [2.45, 2.75) is 210 Å². The molecule has 0 aromatic heterocycles. The molecule has 9 N–H and O–H groups in total. The van der Waals surface area contributed by atoms with Crippen molar-refractivity contribution in [3.63, 3.8) is 0 Å². The van der Waals surface area contributed by atoms with E-state index >= 15 is 0 Å². The van der Waals surface area contributed by atoms with Crippen molar-refractivity contribution < 1.29 is 83.9 Å². The van der Waals surface area contributed by atoms with Crippen LogP contribution in [0.1, 0.15) is 99.3 Å². The second kappa shape index (κ2) is 18.1. The van der Waals surface area contributed by atoms with Crippen LogP contribution in [0.25, 0.3) is 0 Å². The summed E-state index contributed by atoms with van der Waals surface area (Å²) in [7, 11) is 0. The minimum Gasteiger partial charge on any atom is -0.394 e. The number of hydrogen-bond donors (Lipinski definition) is 9. The summed E-state index contributed by atoms with van der Waals surface area (Å²) in [4.78, 5) is 14.3. The van der Waals surface area contributed by atoms with Crippen LogP contribution in [0, 0.1) is 46.3 Å². The summed E-state index contributed by atoms with van der Waals surface area (Å²) in [6, 6.07) is 0. The Bertz CT molecular complexity index is 1620. The lowest BCUT2D eigenvalue weighted by Crippen LogP contribution is -2.64. The first kappa shape index (κ1) is 47.3. The molecule has 4 aliphatic carbocycles. The summed E-state index contributed by atoms with van der Waals surface area (Å²) in [5.41, 5.74) is 0.942. The van der Waals surface area contributed by atoms with Gasteiger partial charge < -0.3 is 79.1 Å². The first-order valence-corrected chi connectivity index (χ1v) is 23.2. The molecule has 8 rings (SSSR count). The number of carbonyl (C=O) groups is 1. The van der Waals surface area contributed by atoms with Crippen LogP contribution in [0.3, 0.4) is 0 Å². The molecule has 7 fully saturated rings. The first-order valence-electron chi connectivity index (χ1n) is 23.2. The van der Waals surface area contributed by atoms with Gasteiger partial charge in [-0.2, -0.15) is 0 Å². The summed E-state index contributed by atoms with van der Waals surface area (Å²) in [6.45, 7) is 11.4. The number of ketones is 1. The van der Waals surface area contributed by atoms with Crippen molar-refractivity contribution in [3.05, 3.63) is 11.6 Å². The molecule has 0 amide bonds. The monoisotopic (exact) mass is 884 g/mol. The van der Waals surface area contributed by atoms with E-state index in [-0.39, 0.29) is 52.3 Å². The van der Waals surface area contributed by atoms with Crippen LogP contribution in [0.15, 0.2) is 11.6 Å². The largest absolute Gasteiger partial charge is 0.394 e. The minimum absolute atomic E-state index is 0.0344. The van der Waals surface area contributed by atoms with Crippen molar-refractivity contribution in [2.75, 3.05) is 6.61 Å².